The molecule has 0 aliphatic carbocycles. The number of ether oxygens (including phenoxy) is 2. The smallest absolute Gasteiger partial charge is 0.231 e. The van der Waals surface area contributed by atoms with Gasteiger partial charge in [0.2, 0.25) is 6.79 Å². The summed E-state index contributed by atoms with van der Waals surface area (Å²) in [4.78, 5) is 23.3. The predicted molar refractivity (Wildman–Crippen MR) is 86.1 cm³/mol. The van der Waals surface area contributed by atoms with Crippen molar-refractivity contribution in [2.45, 2.75) is 6.92 Å². The van der Waals surface area contributed by atoms with Gasteiger partial charge >= 0.3 is 0 Å². The lowest BCUT2D eigenvalue weighted by Gasteiger charge is -2.02. The van der Waals surface area contributed by atoms with Crippen LogP contribution in [0.2, 0.25) is 0 Å². The highest BCUT2D eigenvalue weighted by molar-refractivity contribution is 6.05. The van der Waals surface area contributed by atoms with Gasteiger partial charge in [-0.2, -0.15) is 0 Å². The number of anilines is 1. The van der Waals surface area contributed by atoms with E-state index in [0.717, 1.165) is 5.69 Å². The third-order valence-corrected chi connectivity index (χ3v) is 3.43. The predicted octanol–water partition coefficient (Wildman–Crippen LogP) is 3.43. The fourth-order valence-electron chi connectivity index (χ4n) is 2.16. The van der Waals surface area contributed by atoms with E-state index in [-0.39, 0.29) is 18.4 Å². The maximum atomic E-state index is 12.1. The Morgan fingerprint density at radius 3 is 2.43 bits per heavy atom. The highest BCUT2D eigenvalue weighted by Crippen LogP contribution is 2.32. The zero-order valence-corrected chi connectivity index (χ0v) is 12.5. The summed E-state index contributed by atoms with van der Waals surface area (Å²) in [5, 5.41) is 3.00. The lowest BCUT2D eigenvalue weighted by atomic mass is 10.1. The molecule has 5 nitrogen and oxygen atoms in total. The molecule has 1 N–H and O–H groups in total. The fourth-order valence-corrected chi connectivity index (χ4v) is 2.16. The van der Waals surface area contributed by atoms with Gasteiger partial charge in [-0.15, -0.1) is 0 Å². The van der Waals surface area contributed by atoms with E-state index < -0.39 is 0 Å². The quantitative estimate of drug-likeness (QED) is 0.677. The van der Waals surface area contributed by atoms with Gasteiger partial charge in [0.15, 0.2) is 23.1 Å². The number of rotatable bonds is 5. The van der Waals surface area contributed by atoms with Crippen molar-refractivity contribution in [2.75, 3.05) is 12.1 Å². The maximum Gasteiger partial charge on any atom is 0.231 e. The lowest BCUT2D eigenvalue weighted by Crippen LogP contribution is -1.97. The highest BCUT2D eigenvalue weighted by atomic mass is 16.7. The maximum absolute atomic E-state index is 12.1. The van der Waals surface area contributed by atoms with E-state index in [1.165, 1.54) is 13.0 Å². The number of carbonyl (C=O) groups excluding carboxylic acids is 2. The molecule has 0 aromatic heterocycles. The van der Waals surface area contributed by atoms with Crippen LogP contribution in [0.25, 0.3) is 0 Å². The largest absolute Gasteiger partial charge is 0.454 e. The molecular formula is C18H15NO4. The van der Waals surface area contributed by atoms with Crippen LogP contribution in [0.5, 0.6) is 11.5 Å². The summed E-state index contributed by atoms with van der Waals surface area (Å²) in [7, 11) is 0. The second-order valence-electron chi connectivity index (χ2n) is 5.04. The number of fused-ring (bicyclic) bond motifs is 1. The summed E-state index contributed by atoms with van der Waals surface area (Å²) < 4.78 is 10.5. The second-order valence-corrected chi connectivity index (χ2v) is 5.04. The van der Waals surface area contributed by atoms with E-state index >= 15 is 0 Å². The van der Waals surface area contributed by atoms with E-state index in [1.807, 2.05) is 0 Å². The molecule has 0 unspecified atom stereocenters. The minimum atomic E-state index is -0.142. The summed E-state index contributed by atoms with van der Waals surface area (Å²) in [5.74, 6) is 1.10. The van der Waals surface area contributed by atoms with Crippen molar-refractivity contribution in [3.05, 3.63) is 65.9 Å². The van der Waals surface area contributed by atoms with Crippen molar-refractivity contribution in [2.24, 2.45) is 0 Å². The van der Waals surface area contributed by atoms with Gasteiger partial charge in [0.05, 0.1) is 0 Å². The van der Waals surface area contributed by atoms with Crippen LogP contribution >= 0.6 is 0 Å². The molecule has 1 aliphatic rings. The first-order chi connectivity index (χ1) is 11.1. The Morgan fingerprint density at radius 1 is 1.00 bits per heavy atom. The van der Waals surface area contributed by atoms with Crippen LogP contribution in [0.1, 0.15) is 27.6 Å². The monoisotopic (exact) mass is 309 g/mol. The van der Waals surface area contributed by atoms with Crippen LogP contribution in [-0.2, 0) is 0 Å². The molecule has 2 aromatic rings. The summed E-state index contributed by atoms with van der Waals surface area (Å²) in [5.41, 5.74) is 1.97. The fraction of sp³-hybridized carbons (Fsp3) is 0.111. The first-order valence-electron chi connectivity index (χ1n) is 7.11. The third kappa shape index (κ3) is 3.40. The molecule has 5 heteroatoms. The molecular weight excluding hydrogens is 294 g/mol. The van der Waals surface area contributed by atoms with Crippen LogP contribution in [0.15, 0.2) is 54.7 Å². The van der Waals surface area contributed by atoms with Crippen LogP contribution in [0, 0.1) is 0 Å². The average molecular weight is 309 g/mol. The summed E-state index contributed by atoms with van der Waals surface area (Å²) >= 11 is 0. The van der Waals surface area contributed by atoms with Gasteiger partial charge < -0.3 is 14.8 Å². The first kappa shape index (κ1) is 14.8. The number of Topliss-reactive ketones (excluding diaryl/α,β-unsaturated/α-hetero) is 1. The molecule has 0 atom stereocenters. The second kappa shape index (κ2) is 6.36. The summed E-state index contributed by atoms with van der Waals surface area (Å²) in [6, 6.07) is 12.1. The van der Waals surface area contributed by atoms with E-state index in [0.29, 0.717) is 22.6 Å². The molecule has 0 saturated carbocycles. The highest BCUT2D eigenvalue weighted by Gasteiger charge is 2.14. The van der Waals surface area contributed by atoms with Crippen LogP contribution in [0.3, 0.4) is 0 Å². The summed E-state index contributed by atoms with van der Waals surface area (Å²) in [6.45, 7) is 1.70. The van der Waals surface area contributed by atoms with Gasteiger partial charge in [-0.3, -0.25) is 9.59 Å². The Kier molecular flexibility index (Phi) is 4.10. The van der Waals surface area contributed by atoms with Crippen molar-refractivity contribution in [1.82, 2.24) is 0 Å². The third-order valence-electron chi connectivity index (χ3n) is 3.43. The van der Waals surface area contributed by atoms with Gasteiger partial charge in [-0.25, -0.2) is 0 Å². The molecule has 0 fully saturated rings. The average Bonchev–Trinajstić information content (AvgIpc) is 3.02. The molecule has 1 aliphatic heterocycles. The molecule has 116 valence electrons. The molecule has 2 aromatic carbocycles. The first-order valence-corrected chi connectivity index (χ1v) is 7.11. The molecule has 0 bridgehead atoms. The number of hydrogen-bond acceptors (Lipinski definition) is 5. The van der Waals surface area contributed by atoms with Gasteiger partial charge in [0, 0.05) is 29.1 Å². The number of ketones is 2. The minimum Gasteiger partial charge on any atom is -0.454 e. The van der Waals surface area contributed by atoms with Gasteiger partial charge in [-0.1, -0.05) is 0 Å². The van der Waals surface area contributed by atoms with Crippen molar-refractivity contribution >= 4 is 17.3 Å². The van der Waals surface area contributed by atoms with E-state index in [2.05, 4.69) is 5.32 Å². The van der Waals surface area contributed by atoms with Crippen molar-refractivity contribution < 1.29 is 19.1 Å². The van der Waals surface area contributed by atoms with E-state index in [4.69, 9.17) is 9.47 Å². The number of allylic oxidation sites excluding steroid dienone is 1. The molecule has 0 amide bonds. The van der Waals surface area contributed by atoms with Crippen LogP contribution in [-0.4, -0.2) is 18.4 Å². The van der Waals surface area contributed by atoms with Gasteiger partial charge in [-0.05, 0) is 49.4 Å². The Bertz CT molecular complexity index is 778. The standard InChI is InChI=1S/C18H15NO4/c1-12(20)13-2-5-15(6-3-13)19-9-8-16(21)14-4-7-17-18(10-14)23-11-22-17/h2-10,19H,11H2,1H3/b9-8-. The van der Waals surface area contributed by atoms with E-state index in [1.54, 1.807) is 48.7 Å². The van der Waals surface area contributed by atoms with Gasteiger partial charge in [0.25, 0.3) is 0 Å². The lowest BCUT2D eigenvalue weighted by molar-refractivity contribution is 0.101. The van der Waals surface area contributed by atoms with Crippen molar-refractivity contribution in [1.29, 1.82) is 0 Å². The summed E-state index contributed by atoms with van der Waals surface area (Å²) in [6.07, 6.45) is 3.01. The molecule has 0 radical (unpaired) electrons. The Hall–Kier alpha value is -3.08. The van der Waals surface area contributed by atoms with Gasteiger partial charge in [0.1, 0.15) is 0 Å². The Labute approximate surface area is 133 Å². The molecule has 1 heterocycles. The van der Waals surface area contributed by atoms with Crippen LogP contribution in [0.4, 0.5) is 5.69 Å². The normalized spacial score (nSPS) is 12.4. The van der Waals surface area contributed by atoms with Crippen molar-refractivity contribution in [3.8, 4) is 11.5 Å². The molecule has 3 rings (SSSR count). The molecule has 23 heavy (non-hydrogen) atoms. The molecule has 0 spiro atoms. The zero-order valence-electron chi connectivity index (χ0n) is 12.5. The number of carbonyl (C=O) groups is 2. The molecule has 0 saturated heterocycles. The van der Waals surface area contributed by atoms with Crippen molar-refractivity contribution in [3.63, 3.8) is 0 Å². The van der Waals surface area contributed by atoms with Crippen LogP contribution < -0.4 is 14.8 Å². The SMILES string of the molecule is CC(=O)c1ccc(N/C=C\C(=O)c2ccc3c(c2)OCO3)cc1. The number of benzene rings is 2. The number of nitrogens with one attached hydrogen (secondary N) is 1. The Morgan fingerprint density at radius 2 is 1.70 bits per heavy atom. The minimum absolute atomic E-state index is 0.0186. The topological polar surface area (TPSA) is 64.6 Å². The Balaban J connectivity index is 1.63. The van der Waals surface area contributed by atoms with E-state index in [9.17, 15) is 9.59 Å². The number of hydrogen-bond donors (Lipinski definition) is 1. The zero-order chi connectivity index (χ0) is 16.2.